The topological polar surface area (TPSA) is 142 Å². The van der Waals surface area contributed by atoms with E-state index < -0.39 is 16.9 Å². The minimum atomic E-state index is -0.546. The van der Waals surface area contributed by atoms with Crippen molar-refractivity contribution in [1.82, 2.24) is 19.7 Å². The summed E-state index contributed by atoms with van der Waals surface area (Å²) in [7, 11) is 0. The maximum absolute atomic E-state index is 12.1. The van der Waals surface area contributed by atoms with Crippen LogP contribution in [-0.4, -0.2) is 30.6 Å². The number of hydrogen-bond donors (Lipinski definition) is 2. The summed E-state index contributed by atoms with van der Waals surface area (Å²) in [4.78, 5) is 31.2. The normalized spacial score (nSPS) is 15.4. The molecule has 3 N–H and O–H groups in total. The van der Waals surface area contributed by atoms with Gasteiger partial charge in [-0.15, -0.1) is 5.10 Å². The average molecular weight is 423 g/mol. The third kappa shape index (κ3) is 3.74. The molecule has 3 aromatic rings. The van der Waals surface area contributed by atoms with Gasteiger partial charge in [0.1, 0.15) is 6.04 Å². The fourth-order valence-corrected chi connectivity index (χ4v) is 4.00. The molecule has 30 heavy (non-hydrogen) atoms. The highest BCUT2D eigenvalue weighted by molar-refractivity contribution is 7.98. The number of aromatic nitrogens is 4. The van der Waals surface area contributed by atoms with Crippen molar-refractivity contribution in [2.24, 2.45) is 5.73 Å². The van der Waals surface area contributed by atoms with E-state index in [2.05, 4.69) is 20.4 Å². The van der Waals surface area contributed by atoms with Gasteiger partial charge in [-0.3, -0.25) is 19.9 Å². The van der Waals surface area contributed by atoms with Crippen molar-refractivity contribution < 1.29 is 9.72 Å². The van der Waals surface area contributed by atoms with E-state index in [1.807, 2.05) is 6.07 Å². The molecule has 1 aromatic carbocycles. The van der Waals surface area contributed by atoms with Crippen LogP contribution < -0.4 is 11.1 Å². The first-order valence-electron chi connectivity index (χ1n) is 8.94. The third-order valence-electron chi connectivity index (χ3n) is 4.61. The van der Waals surface area contributed by atoms with E-state index in [0.29, 0.717) is 28.1 Å². The lowest BCUT2D eigenvalue weighted by Gasteiger charge is -2.27. The van der Waals surface area contributed by atoms with Gasteiger partial charge in [0.05, 0.1) is 10.5 Å². The number of nitrogens with two attached hydrogens (primary N) is 1. The number of nitrogens with one attached hydrogen (secondary N) is 1. The zero-order chi connectivity index (χ0) is 21.3. The lowest BCUT2D eigenvalue weighted by atomic mass is 9.97. The van der Waals surface area contributed by atoms with Crippen LogP contribution in [0.5, 0.6) is 0 Å². The second-order valence-corrected chi connectivity index (χ2v) is 7.53. The SMILES string of the molecule is CC1=C(C(N)=O)C(c2cccnc2)n2nc(SCc3ccc([N+](=O)[O-])cc3)nc2N1. The van der Waals surface area contributed by atoms with Crippen LogP contribution in [0.15, 0.2) is 65.2 Å². The molecule has 0 fully saturated rings. The highest BCUT2D eigenvalue weighted by Crippen LogP contribution is 2.35. The Morgan fingerprint density at radius 3 is 2.73 bits per heavy atom. The van der Waals surface area contributed by atoms with Crippen molar-refractivity contribution in [2.75, 3.05) is 5.32 Å². The molecule has 1 amide bonds. The number of thioether (sulfide) groups is 1. The quantitative estimate of drug-likeness (QED) is 0.350. The number of carbonyl (C=O) groups is 1. The van der Waals surface area contributed by atoms with Crippen LogP contribution in [0.25, 0.3) is 0 Å². The maximum atomic E-state index is 12.1. The Morgan fingerprint density at radius 2 is 2.10 bits per heavy atom. The highest BCUT2D eigenvalue weighted by Gasteiger charge is 2.33. The molecule has 1 aliphatic heterocycles. The number of benzene rings is 1. The van der Waals surface area contributed by atoms with Crippen LogP contribution in [0.4, 0.5) is 11.6 Å². The Balaban J connectivity index is 1.61. The Hall–Kier alpha value is -3.73. The molecule has 0 saturated carbocycles. The fraction of sp³-hybridized carbons (Fsp3) is 0.158. The Kier molecular flexibility index (Phi) is 5.19. The third-order valence-corrected chi connectivity index (χ3v) is 5.52. The van der Waals surface area contributed by atoms with Crippen LogP contribution in [0.2, 0.25) is 0 Å². The van der Waals surface area contributed by atoms with E-state index in [9.17, 15) is 14.9 Å². The van der Waals surface area contributed by atoms with E-state index in [4.69, 9.17) is 5.73 Å². The van der Waals surface area contributed by atoms with Crippen LogP contribution in [0, 0.1) is 10.1 Å². The largest absolute Gasteiger partial charge is 0.366 e. The van der Waals surface area contributed by atoms with Crippen molar-refractivity contribution in [3.63, 3.8) is 0 Å². The molecule has 0 spiro atoms. The molecule has 0 saturated heterocycles. The Bertz CT molecular complexity index is 1140. The van der Waals surface area contributed by atoms with Crippen molar-refractivity contribution in [2.45, 2.75) is 23.9 Å². The molecule has 152 valence electrons. The molecule has 0 aliphatic carbocycles. The molecule has 0 bridgehead atoms. The number of nitro benzene ring substituents is 1. The number of carbonyl (C=O) groups excluding carboxylic acids is 1. The molecule has 3 heterocycles. The van der Waals surface area contributed by atoms with Gasteiger partial charge in [0.25, 0.3) is 5.69 Å². The standard InChI is InChI=1S/C19H17N7O3S/c1-11-15(17(20)27)16(13-3-2-8-21-9-13)25-18(22-11)23-19(24-25)30-10-12-4-6-14(7-5-12)26(28)29/h2-9,16H,10H2,1H3,(H2,20,27)(H,22,23,24). The van der Waals surface area contributed by atoms with Gasteiger partial charge >= 0.3 is 0 Å². The first-order chi connectivity index (χ1) is 14.4. The monoisotopic (exact) mass is 423 g/mol. The predicted octanol–water partition coefficient (Wildman–Crippen LogP) is 2.65. The van der Waals surface area contributed by atoms with Crippen LogP contribution in [0.3, 0.4) is 0 Å². The summed E-state index contributed by atoms with van der Waals surface area (Å²) in [6.45, 7) is 1.77. The highest BCUT2D eigenvalue weighted by atomic mass is 32.2. The molecule has 0 radical (unpaired) electrons. The number of hydrogen-bond acceptors (Lipinski definition) is 8. The summed E-state index contributed by atoms with van der Waals surface area (Å²) in [5.41, 5.74) is 8.37. The molecular weight excluding hydrogens is 406 g/mol. The smallest absolute Gasteiger partial charge is 0.269 e. The lowest BCUT2D eigenvalue weighted by molar-refractivity contribution is -0.384. The van der Waals surface area contributed by atoms with E-state index >= 15 is 0 Å². The van der Waals surface area contributed by atoms with Crippen molar-refractivity contribution in [3.8, 4) is 0 Å². The number of allylic oxidation sites excluding steroid dienone is 1. The number of nitro groups is 1. The number of rotatable bonds is 6. The second-order valence-electron chi connectivity index (χ2n) is 6.59. The minimum Gasteiger partial charge on any atom is -0.366 e. The summed E-state index contributed by atoms with van der Waals surface area (Å²) in [6, 6.07) is 9.44. The molecule has 1 aliphatic rings. The number of primary amides is 1. The van der Waals surface area contributed by atoms with Gasteiger partial charge in [-0.05, 0) is 24.1 Å². The van der Waals surface area contributed by atoms with Crippen LogP contribution in [0.1, 0.15) is 24.1 Å². The van der Waals surface area contributed by atoms with Gasteiger partial charge < -0.3 is 11.1 Å². The molecule has 1 unspecified atom stereocenters. The van der Waals surface area contributed by atoms with Crippen molar-refractivity contribution in [1.29, 1.82) is 0 Å². The van der Waals surface area contributed by atoms with Crippen LogP contribution >= 0.6 is 11.8 Å². The number of non-ortho nitro benzene ring substituents is 1. The van der Waals surface area contributed by atoms with E-state index in [1.165, 1.54) is 23.9 Å². The summed E-state index contributed by atoms with van der Waals surface area (Å²) >= 11 is 1.39. The molecule has 11 heteroatoms. The molecular formula is C19H17N7O3S. The number of pyridine rings is 1. The van der Waals surface area contributed by atoms with Gasteiger partial charge in [0.2, 0.25) is 17.0 Å². The van der Waals surface area contributed by atoms with Crippen LogP contribution in [-0.2, 0) is 10.5 Å². The van der Waals surface area contributed by atoms with E-state index in [-0.39, 0.29) is 5.69 Å². The van der Waals surface area contributed by atoms with Gasteiger partial charge in [-0.25, -0.2) is 4.68 Å². The minimum absolute atomic E-state index is 0.0448. The van der Waals surface area contributed by atoms with Crippen molar-refractivity contribution in [3.05, 3.63) is 81.3 Å². The number of nitrogens with zero attached hydrogens (tertiary/aromatic N) is 5. The maximum Gasteiger partial charge on any atom is 0.269 e. The lowest BCUT2D eigenvalue weighted by Crippen LogP contribution is -2.31. The van der Waals surface area contributed by atoms with Gasteiger partial charge in [-0.2, -0.15) is 4.98 Å². The molecule has 4 rings (SSSR count). The fourth-order valence-electron chi connectivity index (χ4n) is 3.22. The first kappa shape index (κ1) is 19.6. The van der Waals surface area contributed by atoms with E-state index in [0.717, 1.165) is 11.1 Å². The second kappa shape index (κ2) is 7.95. The predicted molar refractivity (Wildman–Crippen MR) is 111 cm³/mol. The van der Waals surface area contributed by atoms with Crippen molar-refractivity contribution >= 4 is 29.3 Å². The summed E-state index contributed by atoms with van der Waals surface area (Å²) in [5.74, 6) is 0.487. The number of anilines is 1. The average Bonchev–Trinajstić information content (AvgIpc) is 3.14. The van der Waals surface area contributed by atoms with Gasteiger partial charge in [-0.1, -0.05) is 30.0 Å². The summed E-state index contributed by atoms with van der Waals surface area (Å²) < 4.78 is 1.63. The Morgan fingerprint density at radius 1 is 1.33 bits per heavy atom. The summed E-state index contributed by atoms with van der Waals surface area (Å²) in [5, 5.41) is 18.9. The molecule has 1 atom stereocenters. The zero-order valence-corrected chi connectivity index (χ0v) is 16.7. The summed E-state index contributed by atoms with van der Waals surface area (Å²) in [6.07, 6.45) is 3.32. The zero-order valence-electron chi connectivity index (χ0n) is 15.8. The van der Waals surface area contributed by atoms with E-state index in [1.54, 1.807) is 42.2 Å². The molecule has 2 aromatic heterocycles. The van der Waals surface area contributed by atoms with Gasteiger partial charge in [0.15, 0.2) is 0 Å². The van der Waals surface area contributed by atoms with Gasteiger partial charge in [0, 0.05) is 36.0 Å². The number of fused-ring (bicyclic) bond motifs is 1. The Labute approximate surface area is 175 Å². The molecule has 10 nitrogen and oxygen atoms in total. The number of amides is 1. The first-order valence-corrected chi connectivity index (χ1v) is 9.93.